The minimum absolute atomic E-state index is 0.0635. The summed E-state index contributed by atoms with van der Waals surface area (Å²) in [5.74, 6) is 1.60. The lowest BCUT2D eigenvalue weighted by molar-refractivity contribution is -0.139. The third kappa shape index (κ3) is 5.13. The predicted molar refractivity (Wildman–Crippen MR) is 118 cm³/mol. The SMILES string of the molecule is Cc1ccc(-c2noc(CN3CCN(C(=O)C(C)Oc4cccc(C#N)c4)CC3)n2)cc1. The van der Waals surface area contributed by atoms with Gasteiger partial charge in [0.15, 0.2) is 6.10 Å². The van der Waals surface area contributed by atoms with Crippen LogP contribution < -0.4 is 4.74 Å². The highest BCUT2D eigenvalue weighted by atomic mass is 16.5. The summed E-state index contributed by atoms with van der Waals surface area (Å²) >= 11 is 0. The fourth-order valence-corrected chi connectivity index (χ4v) is 3.61. The van der Waals surface area contributed by atoms with Crippen molar-refractivity contribution in [2.24, 2.45) is 0 Å². The minimum Gasteiger partial charge on any atom is -0.481 e. The molecule has 1 amide bonds. The number of nitriles is 1. The Kier molecular flexibility index (Phi) is 6.47. The fraction of sp³-hybridized carbons (Fsp3) is 0.333. The van der Waals surface area contributed by atoms with Crippen LogP contribution in [0.1, 0.15) is 23.9 Å². The first-order valence-corrected chi connectivity index (χ1v) is 10.6. The highest BCUT2D eigenvalue weighted by Crippen LogP contribution is 2.18. The highest BCUT2D eigenvalue weighted by molar-refractivity contribution is 5.81. The molecular formula is C24H25N5O3. The maximum Gasteiger partial charge on any atom is 0.263 e. The largest absolute Gasteiger partial charge is 0.481 e. The Bertz CT molecular complexity index is 1110. The van der Waals surface area contributed by atoms with Gasteiger partial charge in [-0.25, -0.2) is 0 Å². The molecule has 2 heterocycles. The van der Waals surface area contributed by atoms with E-state index < -0.39 is 6.10 Å². The Balaban J connectivity index is 1.28. The number of carbonyl (C=O) groups is 1. The first-order chi connectivity index (χ1) is 15.5. The Hall–Kier alpha value is -3.70. The van der Waals surface area contributed by atoms with Gasteiger partial charge in [0.2, 0.25) is 11.7 Å². The molecule has 1 atom stereocenters. The molecule has 0 radical (unpaired) electrons. The van der Waals surface area contributed by atoms with Gasteiger partial charge in [-0.1, -0.05) is 41.1 Å². The summed E-state index contributed by atoms with van der Waals surface area (Å²) in [4.78, 5) is 21.3. The van der Waals surface area contributed by atoms with Crippen LogP contribution >= 0.6 is 0 Å². The Morgan fingerprint density at radius 1 is 1.19 bits per heavy atom. The van der Waals surface area contributed by atoms with Crippen LogP contribution in [0.15, 0.2) is 53.1 Å². The first-order valence-electron chi connectivity index (χ1n) is 10.6. The van der Waals surface area contributed by atoms with E-state index >= 15 is 0 Å². The van der Waals surface area contributed by atoms with Crippen molar-refractivity contribution < 1.29 is 14.1 Å². The summed E-state index contributed by atoms with van der Waals surface area (Å²) in [5, 5.41) is 13.1. The number of hydrogen-bond acceptors (Lipinski definition) is 7. The molecule has 0 spiro atoms. The van der Waals surface area contributed by atoms with E-state index in [-0.39, 0.29) is 5.91 Å². The number of nitrogens with zero attached hydrogens (tertiary/aromatic N) is 5. The van der Waals surface area contributed by atoms with Crippen LogP contribution in [0, 0.1) is 18.3 Å². The van der Waals surface area contributed by atoms with Gasteiger partial charge in [-0.3, -0.25) is 9.69 Å². The summed E-state index contributed by atoms with van der Waals surface area (Å²) in [5.41, 5.74) is 2.61. The zero-order valence-electron chi connectivity index (χ0n) is 18.2. The Morgan fingerprint density at radius 3 is 2.66 bits per heavy atom. The standard InChI is InChI=1S/C24H25N5O3/c1-17-6-8-20(9-7-17)23-26-22(32-27-23)16-28-10-12-29(13-11-28)24(30)18(2)31-21-5-3-4-19(14-21)15-25/h3-9,14,18H,10-13,16H2,1-2H3. The molecule has 0 N–H and O–H groups in total. The second-order valence-electron chi connectivity index (χ2n) is 7.88. The van der Waals surface area contributed by atoms with Crippen molar-refractivity contribution in [2.45, 2.75) is 26.5 Å². The molecule has 0 saturated carbocycles. The van der Waals surface area contributed by atoms with Gasteiger partial charge in [0, 0.05) is 31.7 Å². The van der Waals surface area contributed by atoms with Crippen molar-refractivity contribution in [2.75, 3.05) is 26.2 Å². The lowest BCUT2D eigenvalue weighted by Crippen LogP contribution is -2.51. The predicted octanol–water partition coefficient (Wildman–Crippen LogP) is 3.03. The number of amides is 1. The summed E-state index contributed by atoms with van der Waals surface area (Å²) < 4.78 is 11.2. The average Bonchev–Trinajstić information content (AvgIpc) is 3.28. The molecule has 2 aromatic carbocycles. The number of hydrogen-bond donors (Lipinski definition) is 0. The third-order valence-electron chi connectivity index (χ3n) is 5.44. The topological polar surface area (TPSA) is 95.5 Å². The van der Waals surface area contributed by atoms with Crippen LogP contribution in [-0.2, 0) is 11.3 Å². The molecule has 1 unspecified atom stereocenters. The van der Waals surface area contributed by atoms with Crippen LogP contribution in [0.5, 0.6) is 5.75 Å². The van der Waals surface area contributed by atoms with E-state index in [4.69, 9.17) is 14.5 Å². The zero-order valence-corrected chi connectivity index (χ0v) is 18.2. The van der Waals surface area contributed by atoms with Crippen LogP contribution in [0.25, 0.3) is 11.4 Å². The Morgan fingerprint density at radius 2 is 1.94 bits per heavy atom. The molecular weight excluding hydrogens is 406 g/mol. The average molecular weight is 431 g/mol. The van der Waals surface area contributed by atoms with Gasteiger partial charge in [0.1, 0.15) is 5.75 Å². The molecule has 8 heteroatoms. The first kappa shape index (κ1) is 21.5. The summed E-state index contributed by atoms with van der Waals surface area (Å²) in [7, 11) is 0. The van der Waals surface area contributed by atoms with E-state index in [1.807, 2.05) is 31.2 Å². The van der Waals surface area contributed by atoms with Gasteiger partial charge in [-0.15, -0.1) is 0 Å². The molecule has 8 nitrogen and oxygen atoms in total. The molecule has 1 aliphatic rings. The quantitative estimate of drug-likeness (QED) is 0.592. The zero-order chi connectivity index (χ0) is 22.5. The smallest absolute Gasteiger partial charge is 0.263 e. The lowest BCUT2D eigenvalue weighted by atomic mass is 10.1. The monoisotopic (exact) mass is 431 g/mol. The fourth-order valence-electron chi connectivity index (χ4n) is 3.61. The second-order valence-corrected chi connectivity index (χ2v) is 7.88. The van der Waals surface area contributed by atoms with E-state index in [2.05, 4.69) is 21.1 Å². The van der Waals surface area contributed by atoms with Gasteiger partial charge in [0.25, 0.3) is 5.91 Å². The molecule has 1 aromatic heterocycles. The van der Waals surface area contributed by atoms with Gasteiger partial charge in [-0.05, 0) is 32.0 Å². The van der Waals surface area contributed by atoms with Crippen molar-refractivity contribution in [1.82, 2.24) is 19.9 Å². The maximum atomic E-state index is 12.8. The van der Waals surface area contributed by atoms with E-state index in [0.717, 1.165) is 5.56 Å². The molecule has 0 bridgehead atoms. The van der Waals surface area contributed by atoms with E-state index in [9.17, 15) is 4.79 Å². The van der Waals surface area contributed by atoms with Crippen LogP contribution in [0.4, 0.5) is 0 Å². The number of benzene rings is 2. The van der Waals surface area contributed by atoms with Crippen molar-refractivity contribution in [3.63, 3.8) is 0 Å². The normalized spacial score (nSPS) is 15.2. The number of piperazine rings is 1. The van der Waals surface area contributed by atoms with Crippen molar-refractivity contribution in [1.29, 1.82) is 5.26 Å². The molecule has 1 aliphatic heterocycles. The van der Waals surface area contributed by atoms with E-state index in [1.54, 1.807) is 36.1 Å². The van der Waals surface area contributed by atoms with Gasteiger partial charge >= 0.3 is 0 Å². The second kappa shape index (κ2) is 9.62. The molecule has 1 saturated heterocycles. The van der Waals surface area contributed by atoms with E-state index in [0.29, 0.717) is 55.8 Å². The minimum atomic E-state index is -0.622. The van der Waals surface area contributed by atoms with Crippen molar-refractivity contribution in [3.8, 4) is 23.2 Å². The summed E-state index contributed by atoms with van der Waals surface area (Å²) in [6, 6.07) is 16.9. The van der Waals surface area contributed by atoms with Gasteiger partial charge in [0.05, 0.1) is 18.2 Å². The number of carbonyl (C=O) groups excluding carboxylic acids is 1. The van der Waals surface area contributed by atoms with Crippen molar-refractivity contribution >= 4 is 5.91 Å². The van der Waals surface area contributed by atoms with Gasteiger partial charge < -0.3 is 14.2 Å². The number of rotatable bonds is 6. The molecule has 164 valence electrons. The number of ether oxygens (including phenoxy) is 1. The number of aryl methyl sites for hydroxylation is 1. The van der Waals surface area contributed by atoms with Gasteiger partial charge in [-0.2, -0.15) is 10.2 Å². The van der Waals surface area contributed by atoms with Crippen LogP contribution in [0.2, 0.25) is 0 Å². The summed E-state index contributed by atoms with van der Waals surface area (Å²) in [6.45, 7) is 6.95. The Labute approximate surface area is 187 Å². The van der Waals surface area contributed by atoms with Crippen LogP contribution in [0.3, 0.4) is 0 Å². The van der Waals surface area contributed by atoms with E-state index in [1.165, 1.54) is 5.56 Å². The molecule has 3 aromatic rings. The highest BCUT2D eigenvalue weighted by Gasteiger charge is 2.27. The maximum absolute atomic E-state index is 12.8. The summed E-state index contributed by atoms with van der Waals surface area (Å²) in [6.07, 6.45) is -0.622. The number of aromatic nitrogens is 2. The molecule has 4 rings (SSSR count). The molecule has 32 heavy (non-hydrogen) atoms. The molecule has 1 fully saturated rings. The molecule has 0 aliphatic carbocycles. The lowest BCUT2D eigenvalue weighted by Gasteiger charge is -2.35. The van der Waals surface area contributed by atoms with Crippen molar-refractivity contribution in [3.05, 3.63) is 65.5 Å². The third-order valence-corrected chi connectivity index (χ3v) is 5.44. The van der Waals surface area contributed by atoms with Crippen LogP contribution in [-0.4, -0.2) is 58.1 Å².